The molecule has 1 saturated heterocycles. The molecule has 7 nitrogen and oxygen atoms in total. The number of rotatable bonds is 4. The number of carbonyl (C=O) groups is 2. The van der Waals surface area contributed by atoms with Crippen molar-refractivity contribution in [3.63, 3.8) is 0 Å². The second-order valence-corrected chi connectivity index (χ2v) is 6.94. The van der Waals surface area contributed by atoms with E-state index in [0.717, 1.165) is 5.56 Å². The highest BCUT2D eigenvalue weighted by Crippen LogP contribution is 2.28. The van der Waals surface area contributed by atoms with Gasteiger partial charge in [0.05, 0.1) is 17.3 Å². The Labute approximate surface area is 165 Å². The van der Waals surface area contributed by atoms with Gasteiger partial charge in [0.2, 0.25) is 5.91 Å². The van der Waals surface area contributed by atoms with Gasteiger partial charge in [-0.3, -0.25) is 18.8 Å². The lowest BCUT2D eigenvalue weighted by atomic mass is 10.1. The van der Waals surface area contributed by atoms with Crippen LogP contribution in [0.15, 0.2) is 53.5 Å². The molecule has 3 heterocycles. The molecule has 1 aliphatic heterocycles. The molecule has 1 amide bonds. The summed E-state index contributed by atoms with van der Waals surface area (Å²) in [6, 6.07) is 10.8. The van der Waals surface area contributed by atoms with Crippen LogP contribution in [0.25, 0.3) is 5.65 Å². The first-order valence-corrected chi connectivity index (χ1v) is 9.13. The minimum absolute atomic E-state index is 0.0471. The number of amides is 1. The van der Waals surface area contributed by atoms with Gasteiger partial charge >= 0.3 is 5.97 Å². The predicted octanol–water partition coefficient (Wildman–Crippen LogP) is 2.24. The monoisotopic (exact) mass is 395 g/mol. The summed E-state index contributed by atoms with van der Waals surface area (Å²) >= 11 is 0. The van der Waals surface area contributed by atoms with Gasteiger partial charge in [-0.15, -0.1) is 0 Å². The first-order chi connectivity index (χ1) is 13.9. The summed E-state index contributed by atoms with van der Waals surface area (Å²) in [6.07, 6.45) is 1.56. The van der Waals surface area contributed by atoms with Crippen molar-refractivity contribution < 1.29 is 18.7 Å². The summed E-state index contributed by atoms with van der Waals surface area (Å²) in [5.74, 6) is -2.14. The number of hydrogen-bond acceptors (Lipinski definition) is 5. The number of hydrogen-bond donors (Lipinski definition) is 0. The van der Waals surface area contributed by atoms with Crippen LogP contribution in [-0.4, -0.2) is 27.8 Å². The number of aromatic nitrogens is 2. The normalized spacial score (nSPS) is 16.4. The Hall–Kier alpha value is -3.55. The molecule has 29 heavy (non-hydrogen) atoms. The maximum atomic E-state index is 14.0. The average Bonchev–Trinajstić information content (AvgIpc) is 3.09. The van der Waals surface area contributed by atoms with E-state index in [4.69, 9.17) is 4.74 Å². The van der Waals surface area contributed by atoms with Crippen LogP contribution >= 0.6 is 0 Å². The second kappa shape index (κ2) is 7.46. The minimum atomic E-state index is -0.703. The summed E-state index contributed by atoms with van der Waals surface area (Å²) in [4.78, 5) is 42.5. The molecule has 0 N–H and O–H groups in total. The van der Waals surface area contributed by atoms with Gasteiger partial charge in [0, 0.05) is 25.2 Å². The number of benzene rings is 1. The molecule has 0 spiro atoms. The van der Waals surface area contributed by atoms with Crippen molar-refractivity contribution in [2.75, 3.05) is 11.4 Å². The van der Waals surface area contributed by atoms with Crippen LogP contribution in [0.4, 0.5) is 10.1 Å². The zero-order valence-corrected chi connectivity index (χ0v) is 15.7. The van der Waals surface area contributed by atoms with E-state index in [2.05, 4.69) is 4.98 Å². The Morgan fingerprint density at radius 1 is 1.24 bits per heavy atom. The minimum Gasteiger partial charge on any atom is -0.459 e. The quantitative estimate of drug-likeness (QED) is 0.633. The highest BCUT2D eigenvalue weighted by molar-refractivity contribution is 5.99. The number of carbonyl (C=O) groups excluding carboxylic acids is 2. The topological polar surface area (TPSA) is 81.0 Å². The number of nitrogens with zero attached hydrogens (tertiary/aromatic N) is 3. The van der Waals surface area contributed by atoms with Gasteiger partial charge in [-0.1, -0.05) is 18.2 Å². The Morgan fingerprint density at radius 2 is 2.03 bits per heavy atom. The number of halogens is 1. The number of pyridine rings is 1. The van der Waals surface area contributed by atoms with Crippen molar-refractivity contribution in [1.82, 2.24) is 9.38 Å². The van der Waals surface area contributed by atoms with Gasteiger partial charge in [0.25, 0.3) is 5.56 Å². The summed E-state index contributed by atoms with van der Waals surface area (Å²) in [6.45, 7) is 1.70. The third-order valence-corrected chi connectivity index (χ3v) is 4.90. The fraction of sp³-hybridized carbons (Fsp3) is 0.238. The molecule has 0 saturated carbocycles. The molecule has 0 unspecified atom stereocenters. The molecule has 1 atom stereocenters. The third-order valence-electron chi connectivity index (χ3n) is 4.90. The number of ether oxygens (including phenoxy) is 1. The SMILES string of the molecule is Cc1cccn2c(=O)cc(COC(=O)[C@@H]3CC(=O)N(c4ccccc4F)C3)nc12. The van der Waals surface area contributed by atoms with Gasteiger partial charge in [-0.2, -0.15) is 0 Å². The lowest BCUT2D eigenvalue weighted by Crippen LogP contribution is -2.27. The molecule has 0 bridgehead atoms. The molecule has 1 aromatic carbocycles. The molecule has 4 rings (SSSR count). The average molecular weight is 395 g/mol. The molecular weight excluding hydrogens is 377 g/mol. The van der Waals surface area contributed by atoms with Crippen molar-refractivity contribution in [3.05, 3.63) is 76.1 Å². The van der Waals surface area contributed by atoms with E-state index < -0.39 is 17.7 Å². The maximum absolute atomic E-state index is 14.0. The van der Waals surface area contributed by atoms with Gasteiger partial charge in [0.1, 0.15) is 18.1 Å². The third kappa shape index (κ3) is 3.61. The lowest BCUT2D eigenvalue weighted by Gasteiger charge is -2.17. The van der Waals surface area contributed by atoms with Gasteiger partial charge in [-0.05, 0) is 30.7 Å². The van der Waals surface area contributed by atoms with Crippen LogP contribution in [-0.2, 0) is 20.9 Å². The highest BCUT2D eigenvalue weighted by atomic mass is 19.1. The largest absolute Gasteiger partial charge is 0.459 e. The van der Waals surface area contributed by atoms with Crippen LogP contribution in [0.5, 0.6) is 0 Å². The number of fused-ring (bicyclic) bond motifs is 1. The number of esters is 1. The standard InChI is InChI=1S/C21H18FN3O4/c1-13-5-4-8-24-19(27)10-15(23-20(13)24)12-29-21(28)14-9-18(26)25(11-14)17-7-3-2-6-16(17)22/h2-8,10,14H,9,11-12H2,1H3/t14-/m1/s1. The first-order valence-electron chi connectivity index (χ1n) is 9.13. The van der Waals surface area contributed by atoms with Crippen molar-refractivity contribution in [3.8, 4) is 0 Å². The van der Waals surface area contributed by atoms with E-state index in [9.17, 15) is 18.8 Å². The van der Waals surface area contributed by atoms with Crippen LogP contribution in [0.1, 0.15) is 17.7 Å². The van der Waals surface area contributed by atoms with E-state index >= 15 is 0 Å². The number of para-hydroxylation sites is 1. The molecule has 8 heteroatoms. The smallest absolute Gasteiger partial charge is 0.311 e. The van der Waals surface area contributed by atoms with Crippen LogP contribution < -0.4 is 10.5 Å². The Kier molecular flexibility index (Phi) is 4.84. The van der Waals surface area contributed by atoms with Gasteiger partial charge in [-0.25, -0.2) is 9.37 Å². The summed E-state index contributed by atoms with van der Waals surface area (Å²) < 4.78 is 20.7. The van der Waals surface area contributed by atoms with Gasteiger partial charge in [0.15, 0.2) is 0 Å². The van der Waals surface area contributed by atoms with E-state index in [1.54, 1.807) is 18.3 Å². The van der Waals surface area contributed by atoms with E-state index in [1.807, 2.05) is 13.0 Å². The summed E-state index contributed by atoms with van der Waals surface area (Å²) in [5, 5.41) is 0. The fourth-order valence-corrected chi connectivity index (χ4v) is 3.41. The highest BCUT2D eigenvalue weighted by Gasteiger charge is 2.37. The molecule has 0 aliphatic carbocycles. The fourth-order valence-electron chi connectivity index (χ4n) is 3.41. The Morgan fingerprint density at radius 3 is 2.83 bits per heavy atom. The molecule has 1 aliphatic rings. The van der Waals surface area contributed by atoms with E-state index in [-0.39, 0.29) is 36.7 Å². The second-order valence-electron chi connectivity index (χ2n) is 6.94. The maximum Gasteiger partial charge on any atom is 0.311 e. The van der Waals surface area contributed by atoms with Crippen molar-refractivity contribution >= 4 is 23.2 Å². The van der Waals surface area contributed by atoms with Crippen molar-refractivity contribution in [2.24, 2.45) is 5.92 Å². The number of anilines is 1. The first kappa shape index (κ1) is 18.8. The summed E-state index contributed by atoms with van der Waals surface area (Å²) in [7, 11) is 0. The molecule has 148 valence electrons. The molecule has 2 aromatic heterocycles. The molecule has 0 radical (unpaired) electrons. The Bertz CT molecular complexity index is 1170. The van der Waals surface area contributed by atoms with Crippen LogP contribution in [0, 0.1) is 18.7 Å². The molecular formula is C21H18FN3O4. The van der Waals surface area contributed by atoms with Crippen LogP contribution in [0.2, 0.25) is 0 Å². The van der Waals surface area contributed by atoms with Crippen molar-refractivity contribution in [2.45, 2.75) is 20.0 Å². The predicted molar refractivity (Wildman–Crippen MR) is 103 cm³/mol. The Balaban J connectivity index is 1.46. The molecule has 1 fully saturated rings. The lowest BCUT2D eigenvalue weighted by molar-refractivity contribution is -0.149. The van der Waals surface area contributed by atoms with Gasteiger partial charge < -0.3 is 9.64 Å². The van der Waals surface area contributed by atoms with E-state index in [0.29, 0.717) is 11.3 Å². The number of aryl methyl sites for hydroxylation is 1. The molecule has 3 aromatic rings. The zero-order valence-electron chi connectivity index (χ0n) is 15.7. The van der Waals surface area contributed by atoms with Crippen molar-refractivity contribution in [1.29, 1.82) is 0 Å². The van der Waals surface area contributed by atoms with Crippen LogP contribution in [0.3, 0.4) is 0 Å². The zero-order chi connectivity index (χ0) is 20.5. The van der Waals surface area contributed by atoms with E-state index in [1.165, 1.54) is 33.6 Å². The summed E-state index contributed by atoms with van der Waals surface area (Å²) in [5.41, 5.74) is 1.51.